The van der Waals surface area contributed by atoms with Crippen LogP contribution in [-0.2, 0) is 4.74 Å². The molecule has 0 aliphatic carbocycles. The predicted octanol–water partition coefficient (Wildman–Crippen LogP) is 4.74. The zero-order valence-electron chi connectivity index (χ0n) is 21.5. The lowest BCUT2D eigenvalue weighted by Crippen LogP contribution is -2.56. The number of piperazine rings is 1. The Morgan fingerprint density at radius 3 is 2.60 bits per heavy atom. The Labute approximate surface area is 206 Å². The molecule has 1 aromatic carbocycles. The number of amides is 1. The Kier molecular flexibility index (Phi) is 6.83. The Morgan fingerprint density at radius 1 is 1.17 bits per heavy atom. The van der Waals surface area contributed by atoms with E-state index in [0.717, 1.165) is 28.6 Å². The average Bonchev–Trinajstić information content (AvgIpc) is 2.82. The van der Waals surface area contributed by atoms with Gasteiger partial charge in [-0.15, -0.1) is 0 Å². The number of hydrogen-bond donors (Lipinski definition) is 0. The van der Waals surface area contributed by atoms with Crippen molar-refractivity contribution in [2.24, 2.45) is 0 Å². The molecule has 8 nitrogen and oxygen atoms in total. The summed E-state index contributed by atoms with van der Waals surface area (Å²) in [5.41, 5.74) is 1.74. The molecule has 3 aromatic rings. The number of carbonyl (C=O) groups excluding carboxylic acids is 1. The van der Waals surface area contributed by atoms with Gasteiger partial charge in [-0.05, 0) is 50.8 Å². The molecule has 4 rings (SSSR count). The second kappa shape index (κ2) is 9.68. The molecular formula is C27H35N5O3. The van der Waals surface area contributed by atoms with Crippen molar-refractivity contribution < 1.29 is 9.53 Å². The molecule has 1 atom stereocenters. The number of anilines is 1. The fraction of sp³-hybridized carbons (Fsp3) is 0.481. The van der Waals surface area contributed by atoms with Crippen molar-refractivity contribution in [2.45, 2.75) is 65.5 Å². The first-order valence-corrected chi connectivity index (χ1v) is 12.3. The van der Waals surface area contributed by atoms with Crippen molar-refractivity contribution in [2.75, 3.05) is 24.5 Å². The van der Waals surface area contributed by atoms with Crippen molar-refractivity contribution in [3.8, 4) is 5.69 Å². The van der Waals surface area contributed by atoms with Crippen LogP contribution in [0.4, 0.5) is 10.6 Å². The van der Waals surface area contributed by atoms with Crippen LogP contribution in [0.15, 0.2) is 47.5 Å². The van der Waals surface area contributed by atoms with E-state index in [9.17, 15) is 9.59 Å². The first-order valence-electron chi connectivity index (χ1n) is 12.3. The number of nitrogens with zero attached hydrogens (tertiary/aromatic N) is 5. The minimum atomic E-state index is -0.544. The molecule has 0 N–H and O–H groups in total. The van der Waals surface area contributed by atoms with Crippen molar-refractivity contribution in [1.29, 1.82) is 0 Å². The van der Waals surface area contributed by atoms with Gasteiger partial charge in [-0.25, -0.2) is 9.59 Å². The number of aromatic nitrogens is 3. The molecule has 0 radical (unpaired) electrons. The van der Waals surface area contributed by atoms with Crippen LogP contribution in [0.5, 0.6) is 0 Å². The van der Waals surface area contributed by atoms with Crippen LogP contribution in [0.3, 0.4) is 0 Å². The van der Waals surface area contributed by atoms with Gasteiger partial charge in [0.05, 0.1) is 17.4 Å². The fourth-order valence-corrected chi connectivity index (χ4v) is 4.66. The predicted molar refractivity (Wildman–Crippen MR) is 138 cm³/mol. The second-order valence-electron chi connectivity index (χ2n) is 10.3. The van der Waals surface area contributed by atoms with Gasteiger partial charge in [-0.2, -0.15) is 4.98 Å². The molecule has 1 aliphatic heterocycles. The Bertz CT molecular complexity index is 1280. The fourth-order valence-electron chi connectivity index (χ4n) is 4.66. The molecule has 2 aromatic heterocycles. The lowest BCUT2D eigenvalue weighted by atomic mass is 10.0. The van der Waals surface area contributed by atoms with E-state index in [0.29, 0.717) is 25.5 Å². The molecule has 0 bridgehead atoms. The first-order chi connectivity index (χ1) is 16.6. The normalized spacial score (nSPS) is 16.7. The first kappa shape index (κ1) is 24.7. The maximum atomic E-state index is 13.5. The summed E-state index contributed by atoms with van der Waals surface area (Å²) >= 11 is 0. The van der Waals surface area contributed by atoms with E-state index in [1.54, 1.807) is 21.9 Å². The van der Waals surface area contributed by atoms with Gasteiger partial charge in [0.1, 0.15) is 11.4 Å². The highest BCUT2D eigenvalue weighted by atomic mass is 16.6. The summed E-state index contributed by atoms with van der Waals surface area (Å²) < 4.78 is 7.25. The molecule has 1 unspecified atom stereocenters. The topological polar surface area (TPSA) is 80.6 Å². The Balaban J connectivity index is 1.76. The zero-order chi connectivity index (χ0) is 25.3. The molecule has 35 heavy (non-hydrogen) atoms. The summed E-state index contributed by atoms with van der Waals surface area (Å²) in [6.07, 6.45) is 3.96. The molecule has 1 fully saturated rings. The number of para-hydroxylation sites is 1. The van der Waals surface area contributed by atoms with Crippen LogP contribution in [0.25, 0.3) is 16.6 Å². The van der Waals surface area contributed by atoms with E-state index < -0.39 is 5.60 Å². The number of ether oxygens (including phenoxy) is 1. The highest BCUT2D eigenvalue weighted by Gasteiger charge is 2.33. The molecule has 1 amide bonds. The van der Waals surface area contributed by atoms with Crippen LogP contribution in [0.2, 0.25) is 0 Å². The van der Waals surface area contributed by atoms with E-state index in [2.05, 4.69) is 35.6 Å². The highest BCUT2D eigenvalue weighted by molar-refractivity contribution is 5.90. The van der Waals surface area contributed by atoms with Crippen LogP contribution in [0.1, 0.15) is 59.4 Å². The molecular weight excluding hydrogens is 442 g/mol. The summed E-state index contributed by atoms with van der Waals surface area (Å²) in [5, 5.41) is 0.863. The molecule has 1 aliphatic rings. The van der Waals surface area contributed by atoms with Crippen LogP contribution >= 0.6 is 0 Å². The molecule has 8 heteroatoms. The number of rotatable bonds is 4. The SMILES string of the molecule is CCC1CN(C(=O)OC(C)(C)C)CCN1c1nc(=O)n(-c2ccccc2C(C)C)c2cnccc12. The van der Waals surface area contributed by atoms with Gasteiger partial charge in [0, 0.05) is 37.3 Å². The second-order valence-corrected chi connectivity index (χ2v) is 10.3. The minimum absolute atomic E-state index is 0.0123. The van der Waals surface area contributed by atoms with Crippen LogP contribution in [-0.4, -0.2) is 56.8 Å². The van der Waals surface area contributed by atoms with Gasteiger partial charge in [0.2, 0.25) is 0 Å². The average molecular weight is 478 g/mol. The highest BCUT2D eigenvalue weighted by Crippen LogP contribution is 2.30. The van der Waals surface area contributed by atoms with Gasteiger partial charge >= 0.3 is 11.8 Å². The third kappa shape index (κ3) is 5.01. The molecule has 0 saturated carbocycles. The van der Waals surface area contributed by atoms with E-state index in [1.165, 1.54) is 0 Å². The van der Waals surface area contributed by atoms with E-state index in [4.69, 9.17) is 4.74 Å². The molecule has 3 heterocycles. The maximum Gasteiger partial charge on any atom is 0.410 e. The number of benzene rings is 1. The number of pyridine rings is 1. The number of fused-ring (bicyclic) bond motifs is 1. The van der Waals surface area contributed by atoms with Crippen LogP contribution in [0, 0.1) is 0 Å². The third-order valence-corrected chi connectivity index (χ3v) is 6.35. The lowest BCUT2D eigenvalue weighted by molar-refractivity contribution is 0.0213. The van der Waals surface area contributed by atoms with Gasteiger partial charge in [-0.3, -0.25) is 9.55 Å². The summed E-state index contributed by atoms with van der Waals surface area (Å²) in [6.45, 7) is 13.5. The summed E-state index contributed by atoms with van der Waals surface area (Å²) in [4.78, 5) is 39.0. The standard InChI is InChI=1S/C27H35N5O3/c1-7-19-17-30(26(34)35-27(4,5)6)14-15-31(19)24-21-12-13-28-16-23(21)32(25(33)29-24)22-11-9-8-10-20(22)18(2)3/h8-13,16,18-19H,7,14-15,17H2,1-6H3. The number of carbonyl (C=O) groups is 1. The molecule has 186 valence electrons. The summed E-state index contributed by atoms with van der Waals surface area (Å²) in [7, 11) is 0. The van der Waals surface area contributed by atoms with Crippen molar-refractivity contribution in [1.82, 2.24) is 19.4 Å². The van der Waals surface area contributed by atoms with Crippen molar-refractivity contribution in [3.05, 3.63) is 58.8 Å². The largest absolute Gasteiger partial charge is 0.444 e. The summed E-state index contributed by atoms with van der Waals surface area (Å²) in [5.74, 6) is 0.885. The molecule has 0 spiro atoms. The van der Waals surface area contributed by atoms with Gasteiger partial charge in [-0.1, -0.05) is 39.0 Å². The van der Waals surface area contributed by atoms with Gasteiger partial charge in [0.15, 0.2) is 0 Å². The van der Waals surface area contributed by atoms with Crippen molar-refractivity contribution >= 4 is 22.8 Å². The van der Waals surface area contributed by atoms with E-state index >= 15 is 0 Å². The quantitative estimate of drug-likeness (QED) is 0.540. The summed E-state index contributed by atoms with van der Waals surface area (Å²) in [6, 6.07) is 9.86. The Morgan fingerprint density at radius 2 is 1.91 bits per heavy atom. The monoisotopic (exact) mass is 477 g/mol. The van der Waals surface area contributed by atoms with E-state index in [1.807, 2.05) is 51.1 Å². The zero-order valence-corrected chi connectivity index (χ0v) is 21.5. The van der Waals surface area contributed by atoms with Crippen molar-refractivity contribution in [3.63, 3.8) is 0 Å². The molecule has 1 saturated heterocycles. The smallest absolute Gasteiger partial charge is 0.410 e. The maximum absolute atomic E-state index is 13.5. The minimum Gasteiger partial charge on any atom is -0.444 e. The third-order valence-electron chi connectivity index (χ3n) is 6.35. The lowest BCUT2D eigenvalue weighted by Gasteiger charge is -2.42. The Hall–Kier alpha value is -3.42. The van der Waals surface area contributed by atoms with Gasteiger partial charge < -0.3 is 14.5 Å². The van der Waals surface area contributed by atoms with E-state index in [-0.39, 0.29) is 23.7 Å². The van der Waals surface area contributed by atoms with Gasteiger partial charge in [0.25, 0.3) is 0 Å². The number of hydrogen-bond acceptors (Lipinski definition) is 6. The van der Waals surface area contributed by atoms with Crippen LogP contribution < -0.4 is 10.6 Å².